The molecule has 0 heterocycles. The summed E-state index contributed by atoms with van der Waals surface area (Å²) in [5.41, 5.74) is 3.47. The van der Waals surface area contributed by atoms with E-state index >= 15 is 0 Å². The first-order valence-corrected chi connectivity index (χ1v) is 7.25. The molecule has 0 bridgehead atoms. The van der Waals surface area contributed by atoms with Gasteiger partial charge in [-0.25, -0.2) is 0 Å². The van der Waals surface area contributed by atoms with Crippen LogP contribution in [0.5, 0.6) is 0 Å². The van der Waals surface area contributed by atoms with Crippen molar-refractivity contribution >= 4 is 17.3 Å². The van der Waals surface area contributed by atoms with Crippen molar-refractivity contribution in [2.45, 2.75) is 13.8 Å². The fourth-order valence-corrected chi connectivity index (χ4v) is 2.23. The smallest absolute Gasteiger partial charge is 0.246 e. The van der Waals surface area contributed by atoms with E-state index in [1.807, 2.05) is 38.1 Å². The maximum Gasteiger partial charge on any atom is 0.246 e. The van der Waals surface area contributed by atoms with Crippen LogP contribution in [0.2, 0.25) is 0 Å². The van der Waals surface area contributed by atoms with Gasteiger partial charge >= 0.3 is 0 Å². The third kappa shape index (κ3) is 3.86. The van der Waals surface area contributed by atoms with Crippen LogP contribution >= 0.6 is 0 Å². The van der Waals surface area contributed by atoms with Crippen molar-refractivity contribution in [3.63, 3.8) is 0 Å². The molecule has 0 saturated carbocycles. The molecule has 112 valence electrons. The lowest BCUT2D eigenvalue weighted by molar-refractivity contribution is -0.116. The molecule has 4 heteroatoms. The van der Waals surface area contributed by atoms with Gasteiger partial charge in [-0.15, -0.1) is 0 Å². The highest BCUT2D eigenvalue weighted by Crippen LogP contribution is 2.16. The van der Waals surface area contributed by atoms with Crippen LogP contribution in [-0.4, -0.2) is 19.0 Å². The van der Waals surface area contributed by atoms with Crippen LogP contribution in [0.25, 0.3) is 0 Å². The molecule has 0 aliphatic carbocycles. The summed E-state index contributed by atoms with van der Waals surface area (Å²) < 4.78 is 0. The summed E-state index contributed by atoms with van der Waals surface area (Å²) in [5.74, 6) is 0.0115. The van der Waals surface area contributed by atoms with E-state index in [1.54, 1.807) is 29.2 Å². The Kier molecular flexibility index (Phi) is 5.16. The van der Waals surface area contributed by atoms with E-state index in [-0.39, 0.29) is 12.5 Å². The number of anilines is 2. The molecule has 2 aromatic carbocycles. The first kappa shape index (κ1) is 15.6. The van der Waals surface area contributed by atoms with E-state index in [0.29, 0.717) is 12.1 Å². The second-order valence-electron chi connectivity index (χ2n) is 5.02. The molecule has 0 aromatic heterocycles. The summed E-state index contributed by atoms with van der Waals surface area (Å²) in [5, 5.41) is 11.9. The number of carbonyl (C=O) groups excluding carboxylic acids is 1. The topological polar surface area (TPSA) is 56.1 Å². The van der Waals surface area contributed by atoms with Gasteiger partial charge in [-0.2, -0.15) is 5.26 Å². The van der Waals surface area contributed by atoms with E-state index in [4.69, 9.17) is 5.26 Å². The molecule has 0 aliphatic heterocycles. The van der Waals surface area contributed by atoms with Gasteiger partial charge in [0.05, 0.1) is 18.2 Å². The fraction of sp³-hybridized carbons (Fsp3) is 0.222. The number of benzene rings is 2. The Bertz CT molecular complexity index is 686. The Labute approximate surface area is 131 Å². The molecule has 0 spiro atoms. The number of hydrogen-bond acceptors (Lipinski definition) is 3. The average molecular weight is 293 g/mol. The lowest BCUT2D eigenvalue weighted by Gasteiger charge is -2.22. The molecule has 0 radical (unpaired) electrons. The van der Waals surface area contributed by atoms with Gasteiger partial charge in [-0.05, 0) is 55.8 Å². The molecular weight excluding hydrogens is 274 g/mol. The highest BCUT2D eigenvalue weighted by molar-refractivity contribution is 5.96. The number of nitrogens with zero attached hydrogens (tertiary/aromatic N) is 2. The minimum Gasteiger partial charge on any atom is -0.376 e. The Morgan fingerprint density at radius 2 is 1.95 bits per heavy atom. The lowest BCUT2D eigenvalue weighted by atomic mass is 10.2. The van der Waals surface area contributed by atoms with E-state index < -0.39 is 0 Å². The standard InChI is InChI=1S/C18H19N3O/c1-3-21(17-6-4-5-14(2)11-17)18(22)13-20-16-9-7-15(12-19)8-10-16/h4-11,20H,3,13H2,1-2H3. The number of nitriles is 1. The zero-order chi connectivity index (χ0) is 15.9. The van der Waals surface area contributed by atoms with Gasteiger partial charge in [0.25, 0.3) is 0 Å². The summed E-state index contributed by atoms with van der Waals surface area (Å²) in [6, 6.07) is 17.0. The number of likely N-dealkylation sites (N-methyl/N-ethyl adjacent to an activating group) is 1. The molecule has 0 atom stereocenters. The van der Waals surface area contributed by atoms with Crippen LogP contribution in [0.1, 0.15) is 18.1 Å². The second kappa shape index (κ2) is 7.28. The molecule has 0 saturated heterocycles. The SMILES string of the molecule is CCN(C(=O)CNc1ccc(C#N)cc1)c1cccc(C)c1. The quantitative estimate of drug-likeness (QED) is 0.920. The van der Waals surface area contributed by atoms with Gasteiger partial charge in [0.15, 0.2) is 0 Å². The van der Waals surface area contributed by atoms with Crippen molar-refractivity contribution in [2.24, 2.45) is 0 Å². The summed E-state index contributed by atoms with van der Waals surface area (Å²) in [4.78, 5) is 14.1. The van der Waals surface area contributed by atoms with Gasteiger partial charge in [0, 0.05) is 17.9 Å². The molecule has 1 amide bonds. The third-order valence-electron chi connectivity index (χ3n) is 3.39. The first-order chi connectivity index (χ1) is 10.6. The number of amides is 1. The van der Waals surface area contributed by atoms with E-state index in [9.17, 15) is 4.79 Å². The summed E-state index contributed by atoms with van der Waals surface area (Å²) in [6.45, 7) is 4.81. The van der Waals surface area contributed by atoms with Gasteiger partial charge in [-0.3, -0.25) is 4.79 Å². The van der Waals surface area contributed by atoms with Crippen molar-refractivity contribution in [3.8, 4) is 6.07 Å². The van der Waals surface area contributed by atoms with Crippen molar-refractivity contribution in [2.75, 3.05) is 23.3 Å². The van der Waals surface area contributed by atoms with Crippen LogP contribution in [0, 0.1) is 18.3 Å². The fourth-order valence-electron chi connectivity index (χ4n) is 2.23. The number of rotatable bonds is 5. The maximum atomic E-state index is 12.4. The van der Waals surface area contributed by atoms with Crippen LogP contribution in [0.3, 0.4) is 0 Å². The van der Waals surface area contributed by atoms with Crippen LogP contribution < -0.4 is 10.2 Å². The van der Waals surface area contributed by atoms with Gasteiger partial charge < -0.3 is 10.2 Å². The van der Waals surface area contributed by atoms with Crippen molar-refractivity contribution < 1.29 is 4.79 Å². The van der Waals surface area contributed by atoms with Gasteiger partial charge in [-0.1, -0.05) is 12.1 Å². The minimum atomic E-state index is 0.0115. The lowest BCUT2D eigenvalue weighted by Crippen LogP contribution is -2.35. The largest absolute Gasteiger partial charge is 0.376 e. The normalized spacial score (nSPS) is 9.86. The predicted octanol–water partition coefficient (Wildman–Crippen LogP) is 3.33. The van der Waals surface area contributed by atoms with Crippen LogP contribution in [0.15, 0.2) is 48.5 Å². The van der Waals surface area contributed by atoms with Crippen molar-refractivity contribution in [1.29, 1.82) is 5.26 Å². The Hall–Kier alpha value is -2.80. The van der Waals surface area contributed by atoms with Crippen molar-refractivity contribution in [1.82, 2.24) is 0 Å². The zero-order valence-corrected chi connectivity index (χ0v) is 12.8. The highest BCUT2D eigenvalue weighted by atomic mass is 16.2. The number of hydrogen-bond donors (Lipinski definition) is 1. The summed E-state index contributed by atoms with van der Waals surface area (Å²) >= 11 is 0. The van der Waals surface area contributed by atoms with Crippen LogP contribution in [-0.2, 0) is 4.79 Å². The van der Waals surface area contributed by atoms with Crippen LogP contribution in [0.4, 0.5) is 11.4 Å². The molecule has 2 rings (SSSR count). The Morgan fingerprint density at radius 3 is 2.55 bits per heavy atom. The average Bonchev–Trinajstić information content (AvgIpc) is 2.54. The monoisotopic (exact) mass is 293 g/mol. The van der Waals surface area contributed by atoms with Gasteiger partial charge in [0.2, 0.25) is 5.91 Å². The minimum absolute atomic E-state index is 0.0115. The highest BCUT2D eigenvalue weighted by Gasteiger charge is 2.13. The molecule has 0 aliphatic rings. The molecular formula is C18H19N3O. The maximum absolute atomic E-state index is 12.4. The van der Waals surface area contributed by atoms with Crippen molar-refractivity contribution in [3.05, 3.63) is 59.7 Å². The molecule has 2 aromatic rings. The number of nitrogens with one attached hydrogen (secondary N) is 1. The first-order valence-electron chi connectivity index (χ1n) is 7.25. The zero-order valence-electron chi connectivity index (χ0n) is 12.8. The van der Waals surface area contributed by atoms with E-state index in [2.05, 4.69) is 11.4 Å². The molecule has 0 unspecified atom stereocenters. The number of aryl methyl sites for hydroxylation is 1. The molecule has 0 fully saturated rings. The third-order valence-corrected chi connectivity index (χ3v) is 3.39. The summed E-state index contributed by atoms with van der Waals surface area (Å²) in [7, 11) is 0. The number of carbonyl (C=O) groups is 1. The molecule has 4 nitrogen and oxygen atoms in total. The Balaban J connectivity index is 2.02. The van der Waals surface area contributed by atoms with E-state index in [0.717, 1.165) is 16.9 Å². The molecule has 1 N–H and O–H groups in total. The Morgan fingerprint density at radius 1 is 1.23 bits per heavy atom. The predicted molar refractivity (Wildman–Crippen MR) is 88.9 cm³/mol. The molecule has 22 heavy (non-hydrogen) atoms. The summed E-state index contributed by atoms with van der Waals surface area (Å²) in [6.07, 6.45) is 0. The van der Waals surface area contributed by atoms with E-state index in [1.165, 1.54) is 0 Å². The second-order valence-corrected chi connectivity index (χ2v) is 5.02. The van der Waals surface area contributed by atoms with Gasteiger partial charge in [0.1, 0.15) is 0 Å².